The van der Waals surface area contributed by atoms with Gasteiger partial charge in [-0.2, -0.15) is 0 Å². The van der Waals surface area contributed by atoms with Gasteiger partial charge >= 0.3 is 5.97 Å². The van der Waals surface area contributed by atoms with Crippen LogP contribution in [0.1, 0.15) is 75.2 Å². The molecule has 4 nitrogen and oxygen atoms in total. The van der Waals surface area contributed by atoms with Crippen LogP contribution in [0.5, 0.6) is 0 Å². The van der Waals surface area contributed by atoms with Gasteiger partial charge in [-0.3, -0.25) is 9.59 Å². The molecule has 122 valence electrons. The van der Waals surface area contributed by atoms with Gasteiger partial charge in [-0.25, -0.2) is 0 Å². The van der Waals surface area contributed by atoms with E-state index in [4.69, 9.17) is 4.74 Å². The smallest absolute Gasteiger partial charge is 0.302 e. The molecule has 1 amide bonds. The number of hydrogen-bond donors (Lipinski definition) is 0. The minimum atomic E-state index is -0.195. The van der Waals surface area contributed by atoms with Crippen molar-refractivity contribution >= 4 is 11.9 Å². The number of nitrogens with zero attached hydrogens (tertiary/aromatic N) is 1. The lowest BCUT2D eigenvalue weighted by Gasteiger charge is -2.22. The lowest BCUT2D eigenvalue weighted by Crippen LogP contribution is -2.33. The lowest BCUT2D eigenvalue weighted by atomic mass is 10.2. The summed E-state index contributed by atoms with van der Waals surface area (Å²) >= 11 is 0. The molecule has 0 radical (unpaired) electrons. The predicted octanol–water partition coefficient (Wildman–Crippen LogP) is 4.03. The number of carbonyl (C=O) groups excluding carboxylic acids is 2. The second kappa shape index (κ2) is 12.9. The van der Waals surface area contributed by atoms with Crippen molar-refractivity contribution in [3.8, 4) is 0 Å². The van der Waals surface area contributed by atoms with Crippen LogP contribution in [-0.2, 0) is 14.3 Å². The lowest BCUT2D eigenvalue weighted by molar-refractivity contribution is -0.145. The second-order valence-corrected chi connectivity index (χ2v) is 4.78. The Balaban J connectivity index is -0.000000269. The average molecular weight is 289 g/mol. The van der Waals surface area contributed by atoms with Crippen molar-refractivity contribution in [3.05, 3.63) is 0 Å². The summed E-state index contributed by atoms with van der Waals surface area (Å²) in [5.74, 6) is 0.147. The fourth-order valence-corrected chi connectivity index (χ4v) is 1.72. The van der Waals surface area contributed by atoms with Crippen LogP contribution in [0.3, 0.4) is 0 Å². The highest BCUT2D eigenvalue weighted by molar-refractivity contribution is 5.78. The highest BCUT2D eigenvalue weighted by atomic mass is 16.5. The number of esters is 1. The molecular weight excluding hydrogens is 254 g/mol. The average Bonchev–Trinajstić information content (AvgIpc) is 2.74. The predicted molar refractivity (Wildman–Crippen MR) is 85.7 cm³/mol. The van der Waals surface area contributed by atoms with Crippen molar-refractivity contribution in [2.45, 2.75) is 87.3 Å². The van der Waals surface area contributed by atoms with E-state index in [0.29, 0.717) is 11.9 Å². The van der Waals surface area contributed by atoms with E-state index in [9.17, 15) is 9.59 Å². The summed E-state index contributed by atoms with van der Waals surface area (Å²) in [6.07, 6.45) is 3.87. The van der Waals surface area contributed by atoms with E-state index in [2.05, 4.69) is 13.8 Å². The van der Waals surface area contributed by atoms with E-state index in [-0.39, 0.29) is 26.9 Å². The first kappa shape index (κ1) is 24.0. The van der Waals surface area contributed by atoms with Gasteiger partial charge in [0.2, 0.25) is 5.91 Å². The second-order valence-electron chi connectivity index (χ2n) is 4.78. The highest BCUT2D eigenvalue weighted by Crippen LogP contribution is 2.14. The quantitative estimate of drug-likeness (QED) is 0.734. The first-order valence-corrected chi connectivity index (χ1v) is 6.89. The number of rotatable bonds is 4. The molecule has 0 spiro atoms. The van der Waals surface area contributed by atoms with Gasteiger partial charge in [0.05, 0.1) is 6.10 Å². The summed E-state index contributed by atoms with van der Waals surface area (Å²) in [5, 5.41) is 0. The van der Waals surface area contributed by atoms with Gasteiger partial charge < -0.3 is 9.64 Å². The normalized spacial score (nSPS) is 16.1. The molecule has 0 aromatic rings. The molecule has 20 heavy (non-hydrogen) atoms. The van der Waals surface area contributed by atoms with Crippen molar-refractivity contribution < 1.29 is 14.3 Å². The first-order valence-electron chi connectivity index (χ1n) is 6.89. The molecule has 1 heterocycles. The zero-order valence-electron chi connectivity index (χ0n) is 12.4. The van der Waals surface area contributed by atoms with E-state index in [1.165, 1.54) is 6.92 Å². The summed E-state index contributed by atoms with van der Waals surface area (Å²) in [7, 11) is 0. The molecular formula is C16H35NO3. The number of hydrogen-bond acceptors (Lipinski definition) is 3. The highest BCUT2D eigenvalue weighted by Gasteiger charge is 2.23. The Hall–Kier alpha value is -1.06. The molecule has 0 aromatic carbocycles. The minimum absolute atomic E-state index is 0. The first-order chi connectivity index (χ1) is 8.42. The fourth-order valence-electron chi connectivity index (χ4n) is 1.72. The summed E-state index contributed by atoms with van der Waals surface area (Å²) in [6, 6.07) is 0.454. The van der Waals surface area contributed by atoms with E-state index >= 15 is 0 Å². The Labute approximate surface area is 125 Å². The van der Waals surface area contributed by atoms with Crippen LogP contribution in [0, 0.1) is 0 Å². The van der Waals surface area contributed by atoms with Gasteiger partial charge in [-0.15, -0.1) is 0 Å². The molecule has 0 bridgehead atoms. The van der Waals surface area contributed by atoms with Crippen LogP contribution in [-0.4, -0.2) is 35.5 Å². The molecule has 0 saturated carbocycles. The zero-order chi connectivity index (χ0) is 14.1. The minimum Gasteiger partial charge on any atom is -0.463 e. The topological polar surface area (TPSA) is 46.6 Å². The third kappa shape index (κ3) is 9.82. The van der Waals surface area contributed by atoms with Crippen LogP contribution in [0.4, 0.5) is 0 Å². The summed E-state index contributed by atoms with van der Waals surface area (Å²) in [5.41, 5.74) is 0. The van der Waals surface area contributed by atoms with Gasteiger partial charge in [-0.05, 0) is 33.1 Å². The van der Waals surface area contributed by atoms with Crippen LogP contribution >= 0.6 is 0 Å². The largest absolute Gasteiger partial charge is 0.463 e. The fraction of sp³-hybridized carbons (Fsp3) is 0.875. The number of amides is 1. The van der Waals surface area contributed by atoms with Gasteiger partial charge in [0.1, 0.15) is 0 Å². The molecule has 1 aliphatic rings. The van der Waals surface area contributed by atoms with Crippen molar-refractivity contribution in [3.63, 3.8) is 0 Å². The number of ether oxygens (including phenoxy) is 1. The van der Waals surface area contributed by atoms with Gasteiger partial charge in [0.25, 0.3) is 0 Å². The zero-order valence-corrected chi connectivity index (χ0v) is 12.4. The Morgan fingerprint density at radius 3 is 2.05 bits per heavy atom. The van der Waals surface area contributed by atoms with E-state index in [1.54, 1.807) is 0 Å². The maximum absolute atomic E-state index is 11.1. The third-order valence-corrected chi connectivity index (χ3v) is 3.17. The van der Waals surface area contributed by atoms with Crippen LogP contribution in [0.15, 0.2) is 0 Å². The molecule has 0 aromatic heterocycles. The molecule has 2 unspecified atom stereocenters. The van der Waals surface area contributed by atoms with Crippen LogP contribution in [0.2, 0.25) is 0 Å². The molecule has 4 heteroatoms. The summed E-state index contributed by atoms with van der Waals surface area (Å²) < 4.78 is 4.76. The Kier molecular flexibility index (Phi) is 15.5. The van der Waals surface area contributed by atoms with Crippen molar-refractivity contribution in [1.82, 2.24) is 4.90 Å². The van der Waals surface area contributed by atoms with E-state index in [1.807, 2.05) is 18.7 Å². The monoisotopic (exact) mass is 289 g/mol. The summed E-state index contributed by atoms with van der Waals surface area (Å²) in [4.78, 5) is 23.3. The van der Waals surface area contributed by atoms with Crippen molar-refractivity contribution in [2.24, 2.45) is 0 Å². The SMILES string of the molecule is C.C.CCC(C)N1CCCC1=O.CCC(C)OC(C)=O. The maximum Gasteiger partial charge on any atom is 0.302 e. The van der Waals surface area contributed by atoms with E-state index < -0.39 is 0 Å². The molecule has 0 aliphatic carbocycles. The number of likely N-dealkylation sites (tertiary alicyclic amines) is 1. The van der Waals surface area contributed by atoms with Gasteiger partial charge in [0, 0.05) is 25.9 Å². The van der Waals surface area contributed by atoms with Crippen molar-refractivity contribution in [2.75, 3.05) is 6.54 Å². The standard InChI is InChI=1S/C8H15NO.C6H12O2.2CH4/c1-3-7(2)9-6-4-5-8(9)10;1-4-5(2)8-6(3)7;;/h7H,3-6H2,1-2H3;5H,4H2,1-3H3;2*1H4. The van der Waals surface area contributed by atoms with Crippen molar-refractivity contribution in [1.29, 1.82) is 0 Å². The Morgan fingerprint density at radius 1 is 1.25 bits per heavy atom. The van der Waals surface area contributed by atoms with Gasteiger partial charge in [-0.1, -0.05) is 28.7 Å². The summed E-state index contributed by atoms with van der Waals surface area (Å²) in [6.45, 7) is 10.5. The van der Waals surface area contributed by atoms with Gasteiger partial charge in [0.15, 0.2) is 0 Å². The maximum atomic E-state index is 11.1. The number of carbonyl (C=O) groups is 2. The Morgan fingerprint density at radius 2 is 1.80 bits per heavy atom. The molecule has 1 aliphatic heterocycles. The molecule has 2 atom stereocenters. The molecule has 1 fully saturated rings. The van der Waals surface area contributed by atoms with E-state index in [0.717, 1.165) is 32.2 Å². The van der Waals surface area contributed by atoms with Crippen LogP contribution in [0.25, 0.3) is 0 Å². The van der Waals surface area contributed by atoms with Crippen LogP contribution < -0.4 is 0 Å². The molecule has 1 rings (SSSR count). The third-order valence-electron chi connectivity index (χ3n) is 3.17. The molecule has 1 saturated heterocycles. The molecule has 0 N–H and O–H groups in total. The Bertz CT molecular complexity index is 266.